The molecule has 2 N–H and O–H groups in total. The topological polar surface area (TPSA) is 79.2 Å². The first-order valence-corrected chi connectivity index (χ1v) is 6.71. The van der Waals surface area contributed by atoms with E-state index in [2.05, 4.69) is 5.32 Å². The number of carbonyl (C=O) groups excluding carboxylic acids is 1. The number of alkyl carbamates (subject to hydrolysis) is 1. The molecule has 1 unspecified atom stereocenters. The van der Waals surface area contributed by atoms with Gasteiger partial charge in [0.1, 0.15) is 0 Å². The van der Waals surface area contributed by atoms with E-state index >= 15 is 0 Å². The number of hydrogen-bond acceptors (Lipinski definition) is 4. The molecular weight excluding hydrogens is 204 g/mol. The summed E-state index contributed by atoms with van der Waals surface area (Å²) in [5.41, 5.74) is 0. The van der Waals surface area contributed by atoms with Crippen molar-refractivity contribution < 1.29 is 13.7 Å². The van der Waals surface area contributed by atoms with Crippen LogP contribution in [0.1, 0.15) is 19.8 Å². The molecule has 0 fully saturated rings. The van der Waals surface area contributed by atoms with Crippen molar-refractivity contribution in [2.75, 3.05) is 25.2 Å². The van der Waals surface area contributed by atoms with Crippen LogP contribution in [0.2, 0.25) is 0 Å². The first-order valence-electron chi connectivity index (χ1n) is 4.58. The minimum Gasteiger partial charge on any atom is -0.450 e. The highest BCUT2D eigenvalue weighted by molar-refractivity contribution is 7.91. The average molecular weight is 222 g/mol. The van der Waals surface area contributed by atoms with E-state index in [-0.39, 0.29) is 12.3 Å². The van der Waals surface area contributed by atoms with Gasteiger partial charge in [0, 0.05) is 28.3 Å². The molecular formula is C8H18N2O3S. The first kappa shape index (κ1) is 13.2. The van der Waals surface area contributed by atoms with Crippen molar-refractivity contribution in [1.29, 1.82) is 4.78 Å². The Bertz CT molecular complexity index is 262. The third kappa shape index (κ3) is 9.31. The number of hydrogen-bond donors (Lipinski definition) is 2. The Morgan fingerprint density at radius 3 is 2.71 bits per heavy atom. The van der Waals surface area contributed by atoms with Gasteiger partial charge in [-0.1, -0.05) is 13.3 Å². The van der Waals surface area contributed by atoms with Crippen LogP contribution in [0.25, 0.3) is 0 Å². The second-order valence-corrected chi connectivity index (χ2v) is 5.54. The van der Waals surface area contributed by atoms with E-state index in [1.807, 2.05) is 6.92 Å². The molecule has 5 nitrogen and oxygen atoms in total. The number of unbranched alkanes of at least 4 members (excludes halogenated alkanes) is 1. The fraction of sp³-hybridized carbons (Fsp3) is 0.875. The monoisotopic (exact) mass is 222 g/mol. The molecule has 84 valence electrons. The summed E-state index contributed by atoms with van der Waals surface area (Å²) < 4.78 is 22.8. The predicted octanol–water partition coefficient (Wildman–Crippen LogP) is 1.19. The molecule has 6 heteroatoms. The SMILES string of the molecule is CCCCOC(=O)NCCS(C)(=N)=O. The van der Waals surface area contributed by atoms with Crippen molar-refractivity contribution in [3.63, 3.8) is 0 Å². The zero-order valence-electron chi connectivity index (χ0n) is 8.67. The molecule has 0 aromatic carbocycles. The molecule has 0 rings (SSSR count). The third-order valence-corrected chi connectivity index (χ3v) is 2.48. The molecule has 0 radical (unpaired) electrons. The normalized spacial score (nSPS) is 14.4. The summed E-state index contributed by atoms with van der Waals surface area (Å²) in [6.07, 6.45) is 2.66. The fourth-order valence-electron chi connectivity index (χ4n) is 0.708. The molecule has 0 aliphatic rings. The van der Waals surface area contributed by atoms with Gasteiger partial charge in [-0.15, -0.1) is 0 Å². The van der Waals surface area contributed by atoms with Crippen LogP contribution in [0.4, 0.5) is 4.79 Å². The predicted molar refractivity (Wildman–Crippen MR) is 55.9 cm³/mol. The molecule has 0 aliphatic carbocycles. The van der Waals surface area contributed by atoms with E-state index in [0.29, 0.717) is 6.61 Å². The van der Waals surface area contributed by atoms with Gasteiger partial charge in [0.25, 0.3) is 0 Å². The minimum absolute atomic E-state index is 0.163. The Morgan fingerprint density at radius 1 is 1.57 bits per heavy atom. The van der Waals surface area contributed by atoms with Crippen molar-refractivity contribution in [2.24, 2.45) is 0 Å². The van der Waals surface area contributed by atoms with Gasteiger partial charge in [-0.05, 0) is 6.42 Å². The Hall–Kier alpha value is -0.780. The van der Waals surface area contributed by atoms with E-state index in [0.717, 1.165) is 12.8 Å². The smallest absolute Gasteiger partial charge is 0.407 e. The lowest BCUT2D eigenvalue weighted by atomic mass is 10.4. The van der Waals surface area contributed by atoms with Crippen molar-refractivity contribution in [3.05, 3.63) is 0 Å². The Morgan fingerprint density at radius 2 is 2.21 bits per heavy atom. The lowest BCUT2D eigenvalue weighted by Crippen LogP contribution is -2.29. The van der Waals surface area contributed by atoms with Crippen LogP contribution >= 0.6 is 0 Å². The van der Waals surface area contributed by atoms with Crippen LogP contribution in [-0.2, 0) is 14.5 Å². The Balaban J connectivity index is 3.45. The standard InChI is InChI=1S/C8H18N2O3S/c1-3-4-6-13-8(11)10-5-7-14(2,9)12/h9H,3-7H2,1-2H3,(H,10,11). The van der Waals surface area contributed by atoms with E-state index in [4.69, 9.17) is 9.52 Å². The molecule has 14 heavy (non-hydrogen) atoms. The molecule has 0 aliphatic heterocycles. The fourth-order valence-corrected chi connectivity index (χ4v) is 1.20. The zero-order chi connectivity index (χ0) is 11.0. The number of rotatable bonds is 6. The zero-order valence-corrected chi connectivity index (χ0v) is 9.49. The third-order valence-electron chi connectivity index (χ3n) is 1.49. The molecule has 0 spiro atoms. The van der Waals surface area contributed by atoms with Crippen LogP contribution in [0, 0.1) is 4.78 Å². The summed E-state index contributed by atoms with van der Waals surface area (Å²) in [6, 6.07) is 0. The van der Waals surface area contributed by atoms with Gasteiger partial charge in [-0.3, -0.25) is 8.99 Å². The number of ether oxygens (including phenoxy) is 1. The van der Waals surface area contributed by atoms with Gasteiger partial charge in [-0.25, -0.2) is 4.79 Å². The van der Waals surface area contributed by atoms with E-state index in [1.165, 1.54) is 6.26 Å². The molecule has 0 saturated heterocycles. The Kier molecular flexibility index (Phi) is 6.27. The van der Waals surface area contributed by atoms with Crippen LogP contribution in [-0.4, -0.2) is 35.5 Å². The molecule has 0 aromatic heterocycles. The van der Waals surface area contributed by atoms with E-state index in [9.17, 15) is 9.00 Å². The van der Waals surface area contributed by atoms with Gasteiger partial charge in [0.05, 0.1) is 6.61 Å². The summed E-state index contributed by atoms with van der Waals surface area (Å²) >= 11 is 0. The summed E-state index contributed by atoms with van der Waals surface area (Å²) in [5.74, 6) is 0.163. The summed E-state index contributed by atoms with van der Waals surface area (Å²) in [4.78, 5) is 10.9. The highest BCUT2D eigenvalue weighted by Crippen LogP contribution is 1.88. The summed E-state index contributed by atoms with van der Waals surface area (Å²) in [5, 5.41) is 2.44. The number of nitrogens with one attached hydrogen (secondary N) is 2. The summed E-state index contributed by atoms with van der Waals surface area (Å²) in [6.45, 7) is 2.64. The van der Waals surface area contributed by atoms with Crippen molar-refractivity contribution in [3.8, 4) is 0 Å². The highest BCUT2D eigenvalue weighted by atomic mass is 32.2. The van der Waals surface area contributed by atoms with Crippen LogP contribution in [0.15, 0.2) is 0 Å². The van der Waals surface area contributed by atoms with Gasteiger partial charge in [0.2, 0.25) is 0 Å². The average Bonchev–Trinajstić information content (AvgIpc) is 2.02. The molecule has 1 amide bonds. The largest absolute Gasteiger partial charge is 0.450 e. The second kappa shape index (κ2) is 6.64. The van der Waals surface area contributed by atoms with Gasteiger partial charge in [-0.2, -0.15) is 0 Å². The maximum Gasteiger partial charge on any atom is 0.407 e. The van der Waals surface area contributed by atoms with E-state index in [1.54, 1.807) is 0 Å². The first-order chi connectivity index (χ1) is 6.45. The molecule has 0 heterocycles. The number of amides is 1. The molecule has 0 aromatic rings. The number of carbonyl (C=O) groups is 1. The van der Waals surface area contributed by atoms with Gasteiger partial charge in [0.15, 0.2) is 0 Å². The molecule has 1 atom stereocenters. The van der Waals surface area contributed by atoms with E-state index < -0.39 is 15.8 Å². The van der Waals surface area contributed by atoms with Crippen molar-refractivity contribution in [2.45, 2.75) is 19.8 Å². The quantitative estimate of drug-likeness (QED) is 0.662. The van der Waals surface area contributed by atoms with Gasteiger partial charge >= 0.3 is 6.09 Å². The second-order valence-electron chi connectivity index (χ2n) is 3.13. The maximum absolute atomic E-state index is 10.9. The molecule has 0 bridgehead atoms. The van der Waals surface area contributed by atoms with Crippen molar-refractivity contribution >= 4 is 15.8 Å². The van der Waals surface area contributed by atoms with Crippen LogP contribution < -0.4 is 5.32 Å². The van der Waals surface area contributed by atoms with Crippen LogP contribution in [0.3, 0.4) is 0 Å². The van der Waals surface area contributed by atoms with Gasteiger partial charge < -0.3 is 10.1 Å². The summed E-state index contributed by atoms with van der Waals surface area (Å²) in [7, 11) is -2.52. The van der Waals surface area contributed by atoms with Crippen molar-refractivity contribution in [1.82, 2.24) is 5.32 Å². The highest BCUT2D eigenvalue weighted by Gasteiger charge is 2.02. The minimum atomic E-state index is -2.52. The lowest BCUT2D eigenvalue weighted by Gasteiger charge is -2.06. The molecule has 0 saturated carbocycles. The maximum atomic E-state index is 10.9. The van der Waals surface area contributed by atoms with Crippen LogP contribution in [0.5, 0.6) is 0 Å². The lowest BCUT2D eigenvalue weighted by molar-refractivity contribution is 0.145. The Labute approximate surface area is 85.2 Å².